The lowest BCUT2D eigenvalue weighted by atomic mass is 10.1. The summed E-state index contributed by atoms with van der Waals surface area (Å²) in [6.45, 7) is 6.49. The van der Waals surface area contributed by atoms with Gasteiger partial charge in [0, 0.05) is 31.9 Å². The van der Waals surface area contributed by atoms with Crippen LogP contribution in [-0.4, -0.2) is 71.5 Å². The smallest absolute Gasteiger partial charge is 0.343 e. The molecule has 1 aliphatic rings. The summed E-state index contributed by atoms with van der Waals surface area (Å²) < 4.78 is 4.93. The number of aromatic nitrogens is 1. The maximum atomic E-state index is 11.9. The number of rotatable bonds is 4. The zero-order valence-corrected chi connectivity index (χ0v) is 14.7. The first-order valence-electron chi connectivity index (χ1n) is 8.11. The summed E-state index contributed by atoms with van der Waals surface area (Å²) in [5, 5.41) is 28.0. The molecule has 0 atom stereocenters. The van der Waals surface area contributed by atoms with E-state index >= 15 is 0 Å². The summed E-state index contributed by atoms with van der Waals surface area (Å²) in [4.78, 5) is 18.8. The van der Waals surface area contributed by atoms with E-state index in [2.05, 4.69) is 9.88 Å². The molecule has 8 heteroatoms. The van der Waals surface area contributed by atoms with Gasteiger partial charge in [-0.25, -0.2) is 4.79 Å². The number of nitrogens with zero attached hydrogens (tertiary/aromatic N) is 3. The van der Waals surface area contributed by atoms with E-state index in [0.717, 1.165) is 13.1 Å². The molecule has 0 unspecified atom stereocenters. The minimum absolute atomic E-state index is 0.0523. The van der Waals surface area contributed by atoms with E-state index in [1.165, 1.54) is 6.08 Å². The molecule has 25 heavy (non-hydrogen) atoms. The second-order valence-electron chi connectivity index (χ2n) is 5.92. The summed E-state index contributed by atoms with van der Waals surface area (Å²) in [6, 6.07) is 2.00. The van der Waals surface area contributed by atoms with Crippen LogP contribution < -0.4 is 0 Å². The third kappa shape index (κ3) is 4.00. The molecule has 1 aliphatic heterocycles. The topological polar surface area (TPSA) is 116 Å². The molecule has 1 fully saturated rings. The van der Waals surface area contributed by atoms with Gasteiger partial charge in [-0.15, -0.1) is 0 Å². The Bertz CT molecular complexity index is 736. The molecule has 1 aromatic rings. The highest BCUT2D eigenvalue weighted by atomic mass is 16.5. The summed E-state index contributed by atoms with van der Waals surface area (Å²) in [7, 11) is 2.01. The predicted molar refractivity (Wildman–Crippen MR) is 93.5 cm³/mol. The normalized spacial score (nSPS) is 15.8. The van der Waals surface area contributed by atoms with Crippen molar-refractivity contribution in [2.45, 2.75) is 13.8 Å². The highest BCUT2D eigenvalue weighted by Crippen LogP contribution is 2.28. The SMILES string of the molecule is CCOC(=O)c1c(C)[nH]c(C=C(C#N)C(=N)N2CCN(C)CC2)c1O. The van der Waals surface area contributed by atoms with Crippen LogP contribution in [0.15, 0.2) is 5.57 Å². The van der Waals surface area contributed by atoms with Crippen molar-refractivity contribution in [3.8, 4) is 11.8 Å². The number of piperazine rings is 1. The number of amidine groups is 1. The number of hydrogen-bond donors (Lipinski definition) is 3. The number of likely N-dealkylation sites (N-methyl/N-ethyl adjacent to an activating group) is 1. The number of aromatic amines is 1. The molecule has 0 spiro atoms. The molecule has 0 saturated carbocycles. The predicted octanol–water partition coefficient (Wildman–Crippen LogP) is 1.34. The maximum Gasteiger partial charge on any atom is 0.343 e. The fraction of sp³-hybridized carbons (Fsp3) is 0.471. The Morgan fingerprint density at radius 3 is 2.64 bits per heavy atom. The first-order chi connectivity index (χ1) is 11.9. The number of hydrogen-bond acceptors (Lipinski definition) is 6. The van der Waals surface area contributed by atoms with Crippen molar-refractivity contribution in [2.75, 3.05) is 39.8 Å². The van der Waals surface area contributed by atoms with E-state index in [9.17, 15) is 15.2 Å². The summed E-state index contributed by atoms with van der Waals surface area (Å²) >= 11 is 0. The molecule has 0 aliphatic carbocycles. The van der Waals surface area contributed by atoms with Gasteiger partial charge < -0.3 is 24.6 Å². The van der Waals surface area contributed by atoms with Crippen LogP contribution in [0.2, 0.25) is 0 Å². The van der Waals surface area contributed by atoms with E-state index in [1.807, 2.05) is 18.0 Å². The highest BCUT2D eigenvalue weighted by Gasteiger charge is 2.23. The molecule has 134 valence electrons. The minimum Gasteiger partial charge on any atom is -0.505 e. The molecule has 2 rings (SSSR count). The number of aryl methyl sites for hydroxylation is 1. The first kappa shape index (κ1) is 18.5. The van der Waals surface area contributed by atoms with Gasteiger partial charge in [-0.05, 0) is 27.0 Å². The Hall–Kier alpha value is -2.79. The lowest BCUT2D eigenvalue weighted by molar-refractivity contribution is 0.0522. The highest BCUT2D eigenvalue weighted by molar-refractivity contribution is 6.04. The zero-order valence-electron chi connectivity index (χ0n) is 14.7. The van der Waals surface area contributed by atoms with Crippen molar-refractivity contribution in [1.29, 1.82) is 10.7 Å². The molecule has 1 saturated heterocycles. The lowest BCUT2D eigenvalue weighted by Gasteiger charge is -2.33. The Morgan fingerprint density at radius 2 is 2.08 bits per heavy atom. The molecule has 8 nitrogen and oxygen atoms in total. The van der Waals surface area contributed by atoms with Gasteiger partial charge in [-0.1, -0.05) is 0 Å². The number of nitriles is 1. The number of H-pyrrole nitrogens is 1. The number of aromatic hydroxyl groups is 1. The van der Waals surface area contributed by atoms with E-state index < -0.39 is 5.97 Å². The first-order valence-corrected chi connectivity index (χ1v) is 8.11. The van der Waals surface area contributed by atoms with Crippen molar-refractivity contribution in [3.63, 3.8) is 0 Å². The molecule has 0 radical (unpaired) electrons. The molecule has 0 amide bonds. The van der Waals surface area contributed by atoms with Gasteiger partial charge in [0.15, 0.2) is 5.75 Å². The van der Waals surface area contributed by atoms with Crippen LogP contribution in [0.25, 0.3) is 6.08 Å². The fourth-order valence-corrected chi connectivity index (χ4v) is 2.69. The third-order valence-electron chi connectivity index (χ3n) is 4.15. The van der Waals surface area contributed by atoms with Gasteiger partial charge in [0.25, 0.3) is 0 Å². The van der Waals surface area contributed by atoms with E-state index in [1.54, 1.807) is 13.8 Å². The van der Waals surface area contributed by atoms with Crippen LogP contribution in [0.4, 0.5) is 0 Å². The van der Waals surface area contributed by atoms with Gasteiger partial charge in [0.05, 0.1) is 17.9 Å². The molecule has 0 bridgehead atoms. The van der Waals surface area contributed by atoms with Crippen LogP contribution >= 0.6 is 0 Å². The Morgan fingerprint density at radius 1 is 1.44 bits per heavy atom. The number of carbonyl (C=O) groups excluding carboxylic acids is 1. The third-order valence-corrected chi connectivity index (χ3v) is 4.15. The number of esters is 1. The molecular weight excluding hydrogens is 322 g/mol. The van der Waals surface area contributed by atoms with E-state index in [-0.39, 0.29) is 35.0 Å². The van der Waals surface area contributed by atoms with Crippen LogP contribution in [-0.2, 0) is 4.74 Å². The average molecular weight is 345 g/mol. The molecule has 3 N–H and O–H groups in total. The van der Waals surface area contributed by atoms with Crippen LogP contribution in [0.1, 0.15) is 28.7 Å². The summed E-state index contributed by atoms with van der Waals surface area (Å²) in [5.74, 6) is -0.782. The minimum atomic E-state index is -0.624. The standard InChI is InChI=1S/C17H23N5O3/c1-4-25-17(24)14-11(2)20-13(15(14)23)9-12(10-18)16(19)22-7-5-21(3)6-8-22/h9,19-20,23H,4-8H2,1-3H3. The van der Waals surface area contributed by atoms with Crippen LogP contribution in [0.3, 0.4) is 0 Å². The van der Waals surface area contributed by atoms with Crippen molar-refractivity contribution >= 4 is 17.9 Å². The zero-order chi connectivity index (χ0) is 18.6. The van der Waals surface area contributed by atoms with Gasteiger partial charge >= 0.3 is 5.97 Å². The average Bonchev–Trinajstić information content (AvgIpc) is 2.86. The van der Waals surface area contributed by atoms with Crippen LogP contribution in [0, 0.1) is 23.7 Å². The second kappa shape index (κ2) is 7.85. The number of nitrogens with one attached hydrogen (secondary N) is 2. The van der Waals surface area contributed by atoms with E-state index in [4.69, 9.17) is 10.1 Å². The summed E-state index contributed by atoms with van der Waals surface area (Å²) in [6.07, 6.45) is 1.39. The largest absolute Gasteiger partial charge is 0.505 e. The van der Waals surface area contributed by atoms with Crippen molar-refractivity contribution in [2.24, 2.45) is 0 Å². The van der Waals surface area contributed by atoms with E-state index in [0.29, 0.717) is 18.8 Å². The van der Waals surface area contributed by atoms with Crippen molar-refractivity contribution in [3.05, 3.63) is 22.5 Å². The van der Waals surface area contributed by atoms with Gasteiger partial charge in [-0.2, -0.15) is 5.26 Å². The second-order valence-corrected chi connectivity index (χ2v) is 5.92. The van der Waals surface area contributed by atoms with Crippen molar-refractivity contribution < 1.29 is 14.6 Å². The molecule has 1 aromatic heterocycles. The molecule has 2 heterocycles. The van der Waals surface area contributed by atoms with Crippen LogP contribution in [0.5, 0.6) is 5.75 Å². The number of ether oxygens (including phenoxy) is 1. The quantitative estimate of drug-likeness (QED) is 0.328. The monoisotopic (exact) mass is 345 g/mol. The van der Waals surface area contributed by atoms with Crippen molar-refractivity contribution in [1.82, 2.24) is 14.8 Å². The van der Waals surface area contributed by atoms with Gasteiger partial charge in [0.1, 0.15) is 17.5 Å². The summed E-state index contributed by atoms with van der Waals surface area (Å²) in [5.41, 5.74) is 0.842. The molecular formula is C17H23N5O3. The Labute approximate surface area is 146 Å². The molecule has 0 aromatic carbocycles. The lowest BCUT2D eigenvalue weighted by Crippen LogP contribution is -2.47. The van der Waals surface area contributed by atoms with Gasteiger partial charge in [0.2, 0.25) is 0 Å². The number of carbonyl (C=O) groups is 1. The maximum absolute atomic E-state index is 11.9. The fourth-order valence-electron chi connectivity index (χ4n) is 2.69. The van der Waals surface area contributed by atoms with Gasteiger partial charge in [-0.3, -0.25) is 5.41 Å². The Kier molecular flexibility index (Phi) is 5.83. The Balaban J connectivity index is 2.28.